The lowest BCUT2D eigenvalue weighted by atomic mass is 10.0. The molecule has 0 spiro atoms. The summed E-state index contributed by atoms with van der Waals surface area (Å²) in [6.45, 7) is 4.16. The Bertz CT molecular complexity index is 628. The molecule has 3 nitrogen and oxygen atoms in total. The number of phenolic OH excluding ortho intramolecular Hbond substituents is 1. The van der Waals surface area contributed by atoms with E-state index in [0.29, 0.717) is 5.75 Å². The van der Waals surface area contributed by atoms with Crippen LogP contribution in [0, 0.1) is 0 Å². The van der Waals surface area contributed by atoms with Crippen LogP contribution in [0.2, 0.25) is 0 Å². The summed E-state index contributed by atoms with van der Waals surface area (Å²) in [6.07, 6.45) is 0.948. The second kappa shape index (κ2) is 6.85. The summed E-state index contributed by atoms with van der Waals surface area (Å²) < 4.78 is 6.19. The van der Waals surface area contributed by atoms with Crippen LogP contribution in [0.4, 0.5) is 5.69 Å². The van der Waals surface area contributed by atoms with E-state index in [1.807, 2.05) is 25.1 Å². The largest absolute Gasteiger partial charge is 0.507 e. The first-order chi connectivity index (χ1) is 10.0. The average molecular weight is 350 g/mol. The fraction of sp³-hybridized carbons (Fsp3) is 0.294. The number of phenols is 1. The van der Waals surface area contributed by atoms with E-state index in [0.717, 1.165) is 22.1 Å². The predicted molar refractivity (Wildman–Crippen MR) is 90.2 cm³/mol. The summed E-state index contributed by atoms with van der Waals surface area (Å²) in [5, 5.41) is 13.6. The second-order valence-electron chi connectivity index (χ2n) is 4.95. The molecule has 0 aliphatic heterocycles. The van der Waals surface area contributed by atoms with Crippen LogP contribution in [-0.2, 0) is 6.42 Å². The molecule has 2 rings (SSSR count). The van der Waals surface area contributed by atoms with Crippen molar-refractivity contribution in [1.82, 2.24) is 0 Å². The number of aryl methyl sites for hydroxylation is 1. The maximum Gasteiger partial charge on any atom is 0.124 e. The van der Waals surface area contributed by atoms with Gasteiger partial charge in [0.05, 0.1) is 13.2 Å². The van der Waals surface area contributed by atoms with Crippen LogP contribution >= 0.6 is 15.9 Å². The van der Waals surface area contributed by atoms with E-state index in [-0.39, 0.29) is 11.8 Å². The molecule has 0 saturated heterocycles. The first-order valence-corrected chi connectivity index (χ1v) is 7.76. The third-order valence-corrected chi connectivity index (χ3v) is 4.02. The van der Waals surface area contributed by atoms with Gasteiger partial charge in [-0.1, -0.05) is 22.9 Å². The molecule has 1 unspecified atom stereocenters. The molecule has 0 aromatic heterocycles. The number of methoxy groups -OCH3 is 1. The van der Waals surface area contributed by atoms with E-state index in [4.69, 9.17) is 4.74 Å². The molecular formula is C17H20BrNO2. The minimum atomic E-state index is 0.00221. The maximum absolute atomic E-state index is 10.1. The van der Waals surface area contributed by atoms with Crippen LogP contribution in [-0.4, -0.2) is 12.2 Å². The standard InChI is InChI=1S/C17H20BrNO2/c1-4-12-9-13(18)5-8-16(12)19-11(2)15-7-6-14(21-3)10-17(15)20/h5-11,19-20H,4H2,1-3H3. The SMILES string of the molecule is CCc1cc(Br)ccc1NC(C)c1ccc(OC)cc1O. The van der Waals surface area contributed by atoms with E-state index in [1.54, 1.807) is 13.2 Å². The molecule has 0 saturated carbocycles. The zero-order valence-electron chi connectivity index (χ0n) is 12.5. The van der Waals surface area contributed by atoms with E-state index in [1.165, 1.54) is 5.56 Å². The van der Waals surface area contributed by atoms with Gasteiger partial charge in [0.15, 0.2) is 0 Å². The highest BCUT2D eigenvalue weighted by atomic mass is 79.9. The zero-order valence-corrected chi connectivity index (χ0v) is 14.1. The van der Waals surface area contributed by atoms with Gasteiger partial charge in [-0.2, -0.15) is 0 Å². The summed E-state index contributed by atoms with van der Waals surface area (Å²) >= 11 is 3.49. The van der Waals surface area contributed by atoms with Crippen molar-refractivity contribution in [2.24, 2.45) is 0 Å². The smallest absolute Gasteiger partial charge is 0.124 e. The summed E-state index contributed by atoms with van der Waals surface area (Å²) in [5.41, 5.74) is 3.17. The third-order valence-electron chi connectivity index (χ3n) is 3.52. The summed E-state index contributed by atoms with van der Waals surface area (Å²) in [7, 11) is 1.59. The van der Waals surface area contributed by atoms with Gasteiger partial charge < -0.3 is 15.2 Å². The lowest BCUT2D eigenvalue weighted by Crippen LogP contribution is -2.08. The predicted octanol–water partition coefficient (Wildman–Crippen LogP) is 4.90. The van der Waals surface area contributed by atoms with Crippen LogP contribution in [0.1, 0.15) is 31.0 Å². The summed E-state index contributed by atoms with van der Waals surface area (Å²) in [6, 6.07) is 11.6. The van der Waals surface area contributed by atoms with Gasteiger partial charge in [0, 0.05) is 21.8 Å². The van der Waals surface area contributed by atoms with Crippen molar-refractivity contribution in [3.63, 3.8) is 0 Å². The molecule has 0 amide bonds. The van der Waals surface area contributed by atoms with Crippen LogP contribution in [0.25, 0.3) is 0 Å². The first kappa shape index (κ1) is 15.7. The van der Waals surface area contributed by atoms with Crippen LogP contribution in [0.3, 0.4) is 0 Å². The number of halogens is 1. The number of aromatic hydroxyl groups is 1. The highest BCUT2D eigenvalue weighted by Gasteiger charge is 2.12. The van der Waals surface area contributed by atoms with Crippen molar-refractivity contribution < 1.29 is 9.84 Å². The van der Waals surface area contributed by atoms with Crippen LogP contribution in [0.5, 0.6) is 11.5 Å². The van der Waals surface area contributed by atoms with Gasteiger partial charge in [-0.05, 0) is 49.2 Å². The van der Waals surface area contributed by atoms with Crippen molar-refractivity contribution >= 4 is 21.6 Å². The van der Waals surface area contributed by atoms with E-state index >= 15 is 0 Å². The van der Waals surface area contributed by atoms with Gasteiger partial charge in [-0.25, -0.2) is 0 Å². The molecule has 4 heteroatoms. The Morgan fingerprint density at radius 3 is 2.62 bits per heavy atom. The Hall–Kier alpha value is -1.68. The highest BCUT2D eigenvalue weighted by molar-refractivity contribution is 9.10. The lowest BCUT2D eigenvalue weighted by molar-refractivity contribution is 0.406. The van der Waals surface area contributed by atoms with Gasteiger partial charge >= 0.3 is 0 Å². The molecule has 2 aromatic rings. The molecule has 0 fully saturated rings. The Balaban J connectivity index is 2.23. The summed E-state index contributed by atoms with van der Waals surface area (Å²) in [4.78, 5) is 0. The quantitative estimate of drug-likeness (QED) is 0.806. The average Bonchev–Trinajstić information content (AvgIpc) is 2.48. The van der Waals surface area contributed by atoms with Crippen molar-refractivity contribution in [2.45, 2.75) is 26.3 Å². The van der Waals surface area contributed by atoms with Crippen LogP contribution < -0.4 is 10.1 Å². The Morgan fingerprint density at radius 1 is 1.24 bits per heavy atom. The van der Waals surface area contributed by atoms with E-state index in [2.05, 4.69) is 40.3 Å². The van der Waals surface area contributed by atoms with Crippen molar-refractivity contribution in [3.05, 3.63) is 52.0 Å². The molecule has 0 aliphatic rings. The Labute approximate surface area is 134 Å². The zero-order chi connectivity index (χ0) is 15.4. The molecule has 112 valence electrons. The molecular weight excluding hydrogens is 330 g/mol. The fourth-order valence-electron chi connectivity index (χ4n) is 2.32. The van der Waals surface area contributed by atoms with Crippen molar-refractivity contribution in [1.29, 1.82) is 0 Å². The van der Waals surface area contributed by atoms with Gasteiger partial charge in [0.25, 0.3) is 0 Å². The van der Waals surface area contributed by atoms with Crippen LogP contribution in [0.15, 0.2) is 40.9 Å². The Morgan fingerprint density at radius 2 is 2.00 bits per heavy atom. The molecule has 0 aliphatic carbocycles. The number of hydrogen-bond donors (Lipinski definition) is 2. The van der Waals surface area contributed by atoms with Crippen molar-refractivity contribution in [2.75, 3.05) is 12.4 Å². The van der Waals surface area contributed by atoms with Gasteiger partial charge in [-0.3, -0.25) is 0 Å². The molecule has 21 heavy (non-hydrogen) atoms. The minimum Gasteiger partial charge on any atom is -0.507 e. The molecule has 1 atom stereocenters. The topological polar surface area (TPSA) is 41.5 Å². The fourth-order valence-corrected chi connectivity index (χ4v) is 2.73. The number of anilines is 1. The van der Waals surface area contributed by atoms with Crippen molar-refractivity contribution in [3.8, 4) is 11.5 Å². The Kier molecular flexibility index (Phi) is 5.12. The molecule has 2 N–H and O–H groups in total. The van der Waals surface area contributed by atoms with E-state index < -0.39 is 0 Å². The normalized spacial score (nSPS) is 12.0. The van der Waals surface area contributed by atoms with Gasteiger partial charge in [0.1, 0.15) is 11.5 Å². The first-order valence-electron chi connectivity index (χ1n) is 6.97. The lowest BCUT2D eigenvalue weighted by Gasteiger charge is -2.19. The molecule has 0 bridgehead atoms. The van der Waals surface area contributed by atoms with Gasteiger partial charge in [0.2, 0.25) is 0 Å². The molecule has 0 heterocycles. The number of benzene rings is 2. The highest BCUT2D eigenvalue weighted by Crippen LogP contribution is 2.32. The molecule has 0 radical (unpaired) electrons. The number of hydrogen-bond acceptors (Lipinski definition) is 3. The number of nitrogens with one attached hydrogen (secondary N) is 1. The van der Waals surface area contributed by atoms with E-state index in [9.17, 15) is 5.11 Å². The third kappa shape index (κ3) is 3.70. The molecule has 2 aromatic carbocycles. The second-order valence-corrected chi connectivity index (χ2v) is 5.86. The van der Waals surface area contributed by atoms with Gasteiger partial charge in [-0.15, -0.1) is 0 Å². The summed E-state index contributed by atoms with van der Waals surface area (Å²) in [5.74, 6) is 0.894. The monoisotopic (exact) mass is 349 g/mol. The maximum atomic E-state index is 10.1. The number of rotatable bonds is 5. The number of ether oxygens (including phenoxy) is 1. The minimum absolute atomic E-state index is 0.00221.